The largest absolute Gasteiger partial charge is 0.358 e. The summed E-state index contributed by atoms with van der Waals surface area (Å²) in [6.07, 6.45) is 5.66. The van der Waals surface area contributed by atoms with E-state index < -0.39 is 5.97 Å². The topological polar surface area (TPSA) is 45.3 Å². The molecule has 1 aliphatic rings. The Kier molecular flexibility index (Phi) is 3.25. The van der Waals surface area contributed by atoms with Crippen LogP contribution in [0.2, 0.25) is 0 Å². The van der Waals surface area contributed by atoms with Crippen molar-refractivity contribution in [1.82, 2.24) is 0 Å². The molecule has 0 bridgehead atoms. The van der Waals surface area contributed by atoms with E-state index >= 15 is 0 Å². The molecule has 0 aromatic rings. The van der Waals surface area contributed by atoms with Gasteiger partial charge in [0.15, 0.2) is 0 Å². The molecular weight excluding hydrogens is 168 g/mol. The Morgan fingerprint density at radius 1 is 1.31 bits per heavy atom. The van der Waals surface area contributed by atoms with Crippen molar-refractivity contribution in [3.05, 3.63) is 23.3 Å². The summed E-state index contributed by atoms with van der Waals surface area (Å²) in [5.41, 5.74) is 2.38. The molecule has 0 atom stereocenters. The standard InChI is InChI=1S/C10H16O3/c1-8(2)5-4-6-9(3)7-10(11)12-13-10/h5,7,11H,4,6H2,1-3H3/b9-7+. The maximum absolute atomic E-state index is 9.17. The maximum atomic E-state index is 9.17. The van der Waals surface area contributed by atoms with Crippen LogP contribution in [0, 0.1) is 0 Å². The fraction of sp³-hybridized carbons (Fsp3) is 0.600. The van der Waals surface area contributed by atoms with Crippen molar-refractivity contribution in [1.29, 1.82) is 0 Å². The summed E-state index contributed by atoms with van der Waals surface area (Å²) in [7, 11) is 0. The minimum Gasteiger partial charge on any atom is -0.336 e. The van der Waals surface area contributed by atoms with E-state index in [-0.39, 0.29) is 0 Å². The van der Waals surface area contributed by atoms with E-state index in [9.17, 15) is 5.11 Å². The first-order valence-corrected chi connectivity index (χ1v) is 4.43. The highest BCUT2D eigenvalue weighted by atomic mass is 17.4. The van der Waals surface area contributed by atoms with E-state index in [0.717, 1.165) is 18.4 Å². The van der Waals surface area contributed by atoms with Crippen molar-refractivity contribution in [2.45, 2.75) is 39.6 Å². The summed E-state index contributed by atoms with van der Waals surface area (Å²) in [6, 6.07) is 0. The third-order valence-electron chi connectivity index (χ3n) is 1.77. The second-order valence-corrected chi connectivity index (χ2v) is 3.61. The van der Waals surface area contributed by atoms with Crippen LogP contribution in [0.5, 0.6) is 0 Å². The average molecular weight is 184 g/mol. The van der Waals surface area contributed by atoms with Crippen LogP contribution in [0.25, 0.3) is 0 Å². The number of rotatable bonds is 4. The first-order valence-electron chi connectivity index (χ1n) is 4.43. The molecule has 0 unspecified atom stereocenters. The first-order chi connectivity index (χ1) is 6.02. The summed E-state index contributed by atoms with van der Waals surface area (Å²) in [6.45, 7) is 6.08. The molecule has 0 aromatic carbocycles. The van der Waals surface area contributed by atoms with Gasteiger partial charge in [-0.05, 0) is 33.6 Å². The highest BCUT2D eigenvalue weighted by molar-refractivity contribution is 5.06. The van der Waals surface area contributed by atoms with Crippen molar-refractivity contribution >= 4 is 0 Å². The molecule has 3 heteroatoms. The van der Waals surface area contributed by atoms with Crippen molar-refractivity contribution in [3.8, 4) is 0 Å². The number of hydrogen-bond acceptors (Lipinski definition) is 3. The third-order valence-corrected chi connectivity index (χ3v) is 1.77. The predicted octanol–water partition coefficient (Wildman–Crippen LogP) is 2.29. The van der Waals surface area contributed by atoms with E-state index in [2.05, 4.69) is 29.7 Å². The van der Waals surface area contributed by atoms with Crippen LogP contribution >= 0.6 is 0 Å². The van der Waals surface area contributed by atoms with E-state index in [0.29, 0.717) is 0 Å². The molecule has 13 heavy (non-hydrogen) atoms. The molecule has 1 saturated heterocycles. The van der Waals surface area contributed by atoms with Gasteiger partial charge in [0.2, 0.25) is 0 Å². The Morgan fingerprint density at radius 3 is 2.38 bits per heavy atom. The molecule has 74 valence electrons. The van der Waals surface area contributed by atoms with Gasteiger partial charge in [0.1, 0.15) is 0 Å². The molecule has 1 rings (SSSR count). The molecule has 1 fully saturated rings. The maximum Gasteiger partial charge on any atom is 0.358 e. The third kappa shape index (κ3) is 4.22. The predicted molar refractivity (Wildman–Crippen MR) is 49.5 cm³/mol. The van der Waals surface area contributed by atoms with E-state index in [4.69, 9.17) is 0 Å². The van der Waals surface area contributed by atoms with Gasteiger partial charge < -0.3 is 5.11 Å². The van der Waals surface area contributed by atoms with Crippen LogP contribution in [-0.4, -0.2) is 11.1 Å². The molecule has 0 aliphatic carbocycles. The van der Waals surface area contributed by atoms with Gasteiger partial charge in [-0.3, -0.25) is 0 Å². The van der Waals surface area contributed by atoms with Gasteiger partial charge >= 0.3 is 5.97 Å². The zero-order valence-corrected chi connectivity index (χ0v) is 8.33. The molecule has 0 radical (unpaired) electrons. The zero-order chi connectivity index (χ0) is 9.90. The molecule has 1 aliphatic heterocycles. The number of hydrogen-bond donors (Lipinski definition) is 1. The van der Waals surface area contributed by atoms with Crippen molar-refractivity contribution < 1.29 is 14.9 Å². The molecule has 0 saturated carbocycles. The average Bonchev–Trinajstić information content (AvgIpc) is 2.66. The molecule has 1 heterocycles. The fourth-order valence-electron chi connectivity index (χ4n) is 1.06. The summed E-state index contributed by atoms with van der Waals surface area (Å²) in [4.78, 5) is 8.72. The monoisotopic (exact) mass is 184 g/mol. The van der Waals surface area contributed by atoms with Crippen LogP contribution in [0.15, 0.2) is 23.3 Å². The summed E-state index contributed by atoms with van der Waals surface area (Å²) >= 11 is 0. The zero-order valence-electron chi connectivity index (χ0n) is 8.33. The second-order valence-electron chi connectivity index (χ2n) is 3.61. The minimum atomic E-state index is -1.42. The minimum absolute atomic E-state index is 0.917. The van der Waals surface area contributed by atoms with Crippen LogP contribution < -0.4 is 0 Å². The second kappa shape index (κ2) is 4.05. The Labute approximate surface area is 78.6 Å². The summed E-state index contributed by atoms with van der Waals surface area (Å²) in [5, 5.41) is 9.17. The lowest BCUT2D eigenvalue weighted by Crippen LogP contribution is -2.03. The molecule has 1 N–H and O–H groups in total. The molecule has 0 aromatic heterocycles. The van der Waals surface area contributed by atoms with Gasteiger partial charge in [-0.15, -0.1) is 0 Å². The lowest BCUT2D eigenvalue weighted by atomic mass is 10.1. The van der Waals surface area contributed by atoms with Crippen LogP contribution in [0.4, 0.5) is 0 Å². The lowest BCUT2D eigenvalue weighted by Gasteiger charge is -1.98. The van der Waals surface area contributed by atoms with Gasteiger partial charge in [0.25, 0.3) is 0 Å². The number of allylic oxidation sites excluding steroid dienone is 3. The SMILES string of the molecule is CC(C)=CCC/C(C)=C/C1(O)OO1. The highest BCUT2D eigenvalue weighted by Crippen LogP contribution is 2.29. The van der Waals surface area contributed by atoms with Crippen LogP contribution in [-0.2, 0) is 9.78 Å². The van der Waals surface area contributed by atoms with Gasteiger partial charge in [-0.25, -0.2) is 0 Å². The molecule has 3 nitrogen and oxygen atoms in total. The van der Waals surface area contributed by atoms with E-state index in [1.807, 2.05) is 6.92 Å². The van der Waals surface area contributed by atoms with Gasteiger partial charge in [-0.2, -0.15) is 9.78 Å². The molecule has 0 amide bonds. The highest BCUT2D eigenvalue weighted by Gasteiger charge is 2.44. The van der Waals surface area contributed by atoms with Crippen molar-refractivity contribution in [3.63, 3.8) is 0 Å². The Hall–Kier alpha value is -0.640. The fourth-order valence-corrected chi connectivity index (χ4v) is 1.06. The summed E-state index contributed by atoms with van der Waals surface area (Å²) < 4.78 is 0. The normalized spacial score (nSPS) is 19.8. The Bertz CT molecular complexity index is 233. The van der Waals surface area contributed by atoms with Gasteiger partial charge in [-0.1, -0.05) is 17.2 Å². The summed E-state index contributed by atoms with van der Waals surface area (Å²) in [5.74, 6) is -1.42. The number of aliphatic hydroxyl groups is 1. The van der Waals surface area contributed by atoms with E-state index in [1.165, 1.54) is 5.57 Å². The smallest absolute Gasteiger partial charge is 0.336 e. The molecule has 0 spiro atoms. The van der Waals surface area contributed by atoms with Crippen molar-refractivity contribution in [2.75, 3.05) is 0 Å². The van der Waals surface area contributed by atoms with Crippen LogP contribution in [0.3, 0.4) is 0 Å². The quantitative estimate of drug-likeness (QED) is 0.414. The van der Waals surface area contributed by atoms with Gasteiger partial charge in [0, 0.05) is 6.08 Å². The van der Waals surface area contributed by atoms with E-state index in [1.54, 1.807) is 6.08 Å². The Morgan fingerprint density at radius 2 is 1.92 bits per heavy atom. The van der Waals surface area contributed by atoms with Crippen molar-refractivity contribution in [2.24, 2.45) is 0 Å². The lowest BCUT2D eigenvalue weighted by molar-refractivity contribution is 0.0811. The molecular formula is C10H16O3. The Balaban J connectivity index is 2.29. The first kappa shape index (κ1) is 10.4. The van der Waals surface area contributed by atoms with Crippen LogP contribution in [0.1, 0.15) is 33.6 Å². The van der Waals surface area contributed by atoms with Gasteiger partial charge in [0.05, 0.1) is 0 Å².